The van der Waals surface area contributed by atoms with Gasteiger partial charge in [-0.05, 0) is 6.42 Å². The Bertz CT molecular complexity index is 454. The van der Waals surface area contributed by atoms with Crippen LogP contribution in [-0.2, 0) is 11.8 Å². The number of amides is 1. The Morgan fingerprint density at radius 1 is 1.62 bits per heavy atom. The molecule has 16 heavy (non-hydrogen) atoms. The molecular formula is C9H12N4O3. The molecule has 0 bridgehead atoms. The van der Waals surface area contributed by atoms with E-state index in [9.17, 15) is 14.9 Å². The first-order valence-electron chi connectivity index (χ1n) is 5.00. The number of anilines is 1. The Labute approximate surface area is 91.8 Å². The monoisotopic (exact) mass is 224 g/mol. The zero-order valence-electron chi connectivity index (χ0n) is 9.08. The van der Waals surface area contributed by atoms with Crippen LogP contribution < -0.4 is 4.90 Å². The molecule has 0 spiro atoms. The summed E-state index contributed by atoms with van der Waals surface area (Å²) in [5.74, 6) is -0.0229. The van der Waals surface area contributed by atoms with E-state index in [-0.39, 0.29) is 23.3 Å². The van der Waals surface area contributed by atoms with Gasteiger partial charge in [-0.3, -0.25) is 24.5 Å². The standard InChI is InChI=1S/C9H12N4O3/c1-6-3-4-12(9(6)14)8-7(13(15)16)5-11(2)10-8/h5-6H,3-4H2,1-2H3/t6-/m0/s1. The van der Waals surface area contributed by atoms with Crippen molar-refractivity contribution >= 4 is 17.4 Å². The van der Waals surface area contributed by atoms with Gasteiger partial charge in [0.15, 0.2) is 0 Å². The second-order valence-electron chi connectivity index (χ2n) is 3.95. The average molecular weight is 224 g/mol. The highest BCUT2D eigenvalue weighted by atomic mass is 16.6. The van der Waals surface area contributed by atoms with Crippen molar-refractivity contribution in [2.75, 3.05) is 11.4 Å². The molecule has 0 aliphatic carbocycles. The molecule has 1 aliphatic rings. The second kappa shape index (κ2) is 3.58. The molecule has 2 heterocycles. The maximum atomic E-state index is 11.7. The van der Waals surface area contributed by atoms with E-state index in [1.807, 2.05) is 6.92 Å². The fourth-order valence-electron chi connectivity index (χ4n) is 1.82. The van der Waals surface area contributed by atoms with Crippen molar-refractivity contribution < 1.29 is 9.72 Å². The zero-order chi connectivity index (χ0) is 11.9. The Balaban J connectivity index is 2.40. The van der Waals surface area contributed by atoms with Gasteiger partial charge >= 0.3 is 5.69 Å². The van der Waals surface area contributed by atoms with Gasteiger partial charge in [-0.25, -0.2) is 0 Å². The molecule has 0 aromatic carbocycles. The van der Waals surface area contributed by atoms with Crippen LogP contribution in [0.1, 0.15) is 13.3 Å². The van der Waals surface area contributed by atoms with Gasteiger partial charge in [-0.15, -0.1) is 5.10 Å². The molecule has 0 radical (unpaired) electrons. The summed E-state index contributed by atoms with van der Waals surface area (Å²) in [6.07, 6.45) is 2.03. The summed E-state index contributed by atoms with van der Waals surface area (Å²) in [7, 11) is 1.60. The number of carbonyl (C=O) groups is 1. The minimum atomic E-state index is -0.515. The number of hydrogen-bond acceptors (Lipinski definition) is 4. The molecule has 1 fully saturated rings. The molecule has 0 saturated carbocycles. The average Bonchev–Trinajstić information content (AvgIpc) is 2.73. The maximum Gasteiger partial charge on any atom is 0.331 e. The van der Waals surface area contributed by atoms with Crippen LogP contribution in [0.5, 0.6) is 0 Å². The van der Waals surface area contributed by atoms with E-state index in [0.29, 0.717) is 13.0 Å². The fourth-order valence-corrected chi connectivity index (χ4v) is 1.82. The van der Waals surface area contributed by atoms with E-state index in [1.165, 1.54) is 15.8 Å². The molecule has 1 aliphatic heterocycles. The first-order valence-corrected chi connectivity index (χ1v) is 5.00. The third kappa shape index (κ3) is 1.54. The molecule has 1 amide bonds. The van der Waals surface area contributed by atoms with Gasteiger partial charge in [0.05, 0.1) is 4.92 Å². The normalized spacial score (nSPS) is 20.5. The smallest absolute Gasteiger partial charge is 0.289 e. The largest absolute Gasteiger partial charge is 0.331 e. The van der Waals surface area contributed by atoms with Crippen LogP contribution in [0.15, 0.2) is 6.20 Å². The number of hydrogen-bond donors (Lipinski definition) is 0. The number of aryl methyl sites for hydroxylation is 1. The summed E-state index contributed by atoms with van der Waals surface area (Å²) >= 11 is 0. The van der Waals surface area contributed by atoms with Gasteiger partial charge in [0.1, 0.15) is 6.20 Å². The molecule has 1 aromatic heterocycles. The van der Waals surface area contributed by atoms with Crippen LogP contribution in [0, 0.1) is 16.0 Å². The minimum Gasteiger partial charge on any atom is -0.289 e. The van der Waals surface area contributed by atoms with E-state index in [0.717, 1.165) is 0 Å². The Kier molecular flexibility index (Phi) is 2.37. The van der Waals surface area contributed by atoms with Crippen molar-refractivity contribution in [1.29, 1.82) is 0 Å². The lowest BCUT2D eigenvalue weighted by Crippen LogP contribution is -2.27. The van der Waals surface area contributed by atoms with Gasteiger partial charge in [-0.1, -0.05) is 6.92 Å². The van der Waals surface area contributed by atoms with Crippen LogP contribution in [-0.4, -0.2) is 27.2 Å². The quantitative estimate of drug-likeness (QED) is 0.547. The lowest BCUT2D eigenvalue weighted by molar-refractivity contribution is -0.384. The predicted octanol–water partition coefficient (Wildman–Crippen LogP) is 0.701. The minimum absolute atomic E-state index is 0.0818. The number of aromatic nitrogens is 2. The summed E-state index contributed by atoms with van der Waals surface area (Å²) in [5.41, 5.74) is -0.120. The second-order valence-corrected chi connectivity index (χ2v) is 3.95. The Morgan fingerprint density at radius 3 is 2.81 bits per heavy atom. The molecule has 86 valence electrons. The molecule has 1 saturated heterocycles. The number of nitrogens with zero attached hydrogens (tertiary/aromatic N) is 4. The van der Waals surface area contributed by atoms with Gasteiger partial charge in [0.2, 0.25) is 11.7 Å². The highest BCUT2D eigenvalue weighted by molar-refractivity contribution is 5.97. The maximum absolute atomic E-state index is 11.7. The number of carbonyl (C=O) groups excluding carboxylic acids is 1. The van der Waals surface area contributed by atoms with Gasteiger partial charge in [-0.2, -0.15) is 0 Å². The summed E-state index contributed by atoms with van der Waals surface area (Å²) in [5, 5.41) is 14.8. The molecular weight excluding hydrogens is 212 g/mol. The zero-order valence-corrected chi connectivity index (χ0v) is 9.08. The third-order valence-corrected chi connectivity index (χ3v) is 2.72. The van der Waals surface area contributed by atoms with Crippen LogP contribution in [0.25, 0.3) is 0 Å². The van der Waals surface area contributed by atoms with Crippen LogP contribution in [0.2, 0.25) is 0 Å². The fraction of sp³-hybridized carbons (Fsp3) is 0.556. The van der Waals surface area contributed by atoms with Crippen LogP contribution >= 0.6 is 0 Å². The lowest BCUT2D eigenvalue weighted by atomic mass is 10.1. The first-order chi connectivity index (χ1) is 7.50. The lowest BCUT2D eigenvalue weighted by Gasteiger charge is -2.11. The number of rotatable bonds is 2. The predicted molar refractivity (Wildman–Crippen MR) is 56.0 cm³/mol. The molecule has 7 heteroatoms. The van der Waals surface area contributed by atoms with E-state index < -0.39 is 4.92 Å². The van der Waals surface area contributed by atoms with Gasteiger partial charge in [0.25, 0.3) is 0 Å². The van der Waals surface area contributed by atoms with Gasteiger partial charge in [0, 0.05) is 19.5 Å². The van der Waals surface area contributed by atoms with Gasteiger partial charge < -0.3 is 0 Å². The van der Waals surface area contributed by atoms with E-state index in [4.69, 9.17) is 0 Å². The summed E-state index contributed by atoms with van der Waals surface area (Å²) in [4.78, 5) is 23.4. The van der Waals surface area contributed by atoms with E-state index >= 15 is 0 Å². The molecule has 1 aromatic rings. The van der Waals surface area contributed by atoms with E-state index in [1.54, 1.807) is 7.05 Å². The summed E-state index contributed by atoms with van der Waals surface area (Å²) in [6, 6.07) is 0. The molecule has 0 unspecified atom stereocenters. The summed E-state index contributed by atoms with van der Waals surface area (Å²) < 4.78 is 1.35. The SMILES string of the molecule is C[C@H]1CCN(c2nn(C)cc2[N+](=O)[O-])C1=O. The van der Waals surface area contributed by atoms with Crippen molar-refractivity contribution in [2.24, 2.45) is 13.0 Å². The molecule has 7 nitrogen and oxygen atoms in total. The third-order valence-electron chi connectivity index (χ3n) is 2.72. The first kappa shape index (κ1) is 10.6. The topological polar surface area (TPSA) is 81.3 Å². The van der Waals surface area contributed by atoms with Crippen molar-refractivity contribution in [3.05, 3.63) is 16.3 Å². The highest BCUT2D eigenvalue weighted by Crippen LogP contribution is 2.30. The Morgan fingerprint density at radius 2 is 2.31 bits per heavy atom. The summed E-state index contributed by atoms with van der Waals surface area (Å²) in [6.45, 7) is 2.31. The van der Waals surface area contributed by atoms with Crippen molar-refractivity contribution in [3.8, 4) is 0 Å². The number of nitro groups is 1. The van der Waals surface area contributed by atoms with Crippen molar-refractivity contribution in [2.45, 2.75) is 13.3 Å². The molecule has 2 rings (SSSR count). The van der Waals surface area contributed by atoms with Crippen LogP contribution in [0.4, 0.5) is 11.5 Å². The highest BCUT2D eigenvalue weighted by Gasteiger charge is 2.35. The molecule has 1 atom stereocenters. The Hall–Kier alpha value is -1.92. The van der Waals surface area contributed by atoms with Crippen LogP contribution in [0.3, 0.4) is 0 Å². The molecule has 0 N–H and O–H groups in total. The van der Waals surface area contributed by atoms with Crippen molar-refractivity contribution in [1.82, 2.24) is 9.78 Å². The van der Waals surface area contributed by atoms with Crippen molar-refractivity contribution in [3.63, 3.8) is 0 Å². The van der Waals surface area contributed by atoms with E-state index in [2.05, 4.69) is 5.10 Å².